The van der Waals surface area contributed by atoms with Crippen LogP contribution < -0.4 is 0 Å². The minimum Gasteiger partial charge on any atom is -0.393 e. The van der Waals surface area contributed by atoms with Gasteiger partial charge in [-0.15, -0.1) is 0 Å². The Balaban J connectivity index is 1.68. The maximum absolute atomic E-state index is 10.1. The van der Waals surface area contributed by atoms with E-state index < -0.39 is 17.8 Å². The van der Waals surface area contributed by atoms with Crippen LogP contribution in [0.3, 0.4) is 0 Å². The van der Waals surface area contributed by atoms with Crippen molar-refractivity contribution in [3.05, 3.63) is 35.5 Å². The lowest BCUT2D eigenvalue weighted by molar-refractivity contribution is -0.00891. The molecular weight excluding hydrogens is 388 g/mol. The van der Waals surface area contributed by atoms with Crippen LogP contribution >= 0.6 is 0 Å². The van der Waals surface area contributed by atoms with Gasteiger partial charge in [0.25, 0.3) is 0 Å². The lowest BCUT2D eigenvalue weighted by Crippen LogP contribution is -2.36. The van der Waals surface area contributed by atoms with Gasteiger partial charge < -0.3 is 20.4 Å². The van der Waals surface area contributed by atoms with Gasteiger partial charge in [0.1, 0.15) is 0 Å². The minimum atomic E-state index is -0.958. The first-order valence-electron chi connectivity index (χ1n) is 12.4. The van der Waals surface area contributed by atoms with Gasteiger partial charge in [-0.2, -0.15) is 0 Å². The first-order chi connectivity index (χ1) is 14.6. The molecule has 0 heterocycles. The van der Waals surface area contributed by atoms with E-state index in [2.05, 4.69) is 32.6 Å². The van der Waals surface area contributed by atoms with Crippen molar-refractivity contribution in [2.24, 2.45) is 23.2 Å². The topological polar surface area (TPSA) is 80.9 Å². The lowest BCUT2D eigenvalue weighted by atomic mass is 9.60. The zero-order valence-electron chi connectivity index (χ0n) is 19.8. The zero-order chi connectivity index (χ0) is 22.8. The standard InChI is InChI=1S/C27H44O4/c1-18(7-5-13-26(3,31)17-28)23-11-12-24-20(8-6-14-27(23,24)4)9-10-21-15-22(29)16-25(30)19(21)2/h9-10,18,22-25,28-31H,2,5-8,11-17H2,1,3-4H3/b20-9-,21-10-/t18-,22+,23-,24+,25-,26+,27-/m1/s1. The van der Waals surface area contributed by atoms with E-state index in [0.29, 0.717) is 42.4 Å². The number of rotatable bonds is 7. The maximum Gasteiger partial charge on any atom is 0.0849 e. The van der Waals surface area contributed by atoms with Gasteiger partial charge in [0.05, 0.1) is 24.4 Å². The number of aliphatic hydroxyl groups excluding tert-OH is 3. The number of allylic oxidation sites excluding steroid dienone is 3. The smallest absolute Gasteiger partial charge is 0.0849 e. The van der Waals surface area contributed by atoms with E-state index in [1.54, 1.807) is 6.92 Å². The van der Waals surface area contributed by atoms with Crippen molar-refractivity contribution in [2.45, 2.75) is 103 Å². The van der Waals surface area contributed by atoms with E-state index in [4.69, 9.17) is 0 Å². The molecule has 3 fully saturated rings. The Morgan fingerprint density at radius 1 is 1.26 bits per heavy atom. The molecule has 3 rings (SSSR count). The highest BCUT2D eigenvalue weighted by atomic mass is 16.3. The van der Waals surface area contributed by atoms with Gasteiger partial charge in [-0.25, -0.2) is 0 Å². The summed E-state index contributed by atoms with van der Waals surface area (Å²) in [4.78, 5) is 0. The number of fused-ring (bicyclic) bond motifs is 1. The van der Waals surface area contributed by atoms with Crippen LogP contribution in [-0.2, 0) is 0 Å². The maximum atomic E-state index is 10.1. The molecule has 0 amide bonds. The SMILES string of the molecule is C=C1/C(=C\C=C2\CCC[C@]3(C)[C@@H]([C@H](C)CCC[C@](C)(O)CO)CC[C@@H]23)C[C@H](O)C[C@H]1O. The Bertz CT molecular complexity index is 706. The van der Waals surface area contributed by atoms with Gasteiger partial charge in [-0.1, -0.05) is 51.0 Å². The average molecular weight is 433 g/mol. The Kier molecular flexibility index (Phi) is 7.89. The highest BCUT2D eigenvalue weighted by Gasteiger charge is 2.50. The monoisotopic (exact) mass is 432 g/mol. The predicted molar refractivity (Wildman–Crippen MR) is 125 cm³/mol. The van der Waals surface area contributed by atoms with Crippen molar-refractivity contribution in [1.82, 2.24) is 0 Å². The normalized spacial score (nSPS) is 39.5. The molecule has 0 saturated heterocycles. The van der Waals surface area contributed by atoms with Gasteiger partial charge in [0.2, 0.25) is 0 Å². The first-order valence-corrected chi connectivity index (χ1v) is 12.4. The van der Waals surface area contributed by atoms with Crippen LogP contribution in [0.5, 0.6) is 0 Å². The summed E-state index contributed by atoms with van der Waals surface area (Å²) >= 11 is 0. The van der Waals surface area contributed by atoms with Crippen LogP contribution in [0.1, 0.15) is 85.0 Å². The summed E-state index contributed by atoms with van der Waals surface area (Å²) < 4.78 is 0. The summed E-state index contributed by atoms with van der Waals surface area (Å²) in [6, 6.07) is 0. The Morgan fingerprint density at radius 2 is 2.00 bits per heavy atom. The molecular formula is C27H44O4. The van der Waals surface area contributed by atoms with Crippen LogP contribution in [0.2, 0.25) is 0 Å². The second kappa shape index (κ2) is 9.91. The third-order valence-electron chi connectivity index (χ3n) is 8.70. The molecule has 4 nitrogen and oxygen atoms in total. The van der Waals surface area contributed by atoms with Gasteiger partial charge >= 0.3 is 0 Å². The molecule has 4 N–H and O–H groups in total. The summed E-state index contributed by atoms with van der Waals surface area (Å²) in [6.45, 7) is 10.5. The molecule has 0 spiro atoms. The van der Waals surface area contributed by atoms with Crippen LogP contribution in [0.25, 0.3) is 0 Å². The van der Waals surface area contributed by atoms with Crippen molar-refractivity contribution in [1.29, 1.82) is 0 Å². The summed E-state index contributed by atoms with van der Waals surface area (Å²) in [6.07, 6.45) is 13.1. The van der Waals surface area contributed by atoms with Crippen LogP contribution in [0.15, 0.2) is 35.5 Å². The van der Waals surface area contributed by atoms with Gasteiger partial charge in [0, 0.05) is 6.42 Å². The molecule has 0 radical (unpaired) electrons. The largest absolute Gasteiger partial charge is 0.393 e. The summed E-state index contributed by atoms with van der Waals surface area (Å²) in [5, 5.41) is 39.5. The van der Waals surface area contributed by atoms with Crippen molar-refractivity contribution in [3.8, 4) is 0 Å². The van der Waals surface area contributed by atoms with Gasteiger partial charge in [0.15, 0.2) is 0 Å². The van der Waals surface area contributed by atoms with E-state index in [0.717, 1.165) is 30.4 Å². The molecule has 0 bridgehead atoms. The summed E-state index contributed by atoms with van der Waals surface area (Å²) in [7, 11) is 0. The molecule has 31 heavy (non-hydrogen) atoms. The fourth-order valence-electron chi connectivity index (χ4n) is 6.76. The van der Waals surface area contributed by atoms with Gasteiger partial charge in [-0.05, 0) is 86.2 Å². The van der Waals surface area contributed by atoms with E-state index in [-0.39, 0.29) is 6.61 Å². The molecule has 3 aliphatic rings. The van der Waals surface area contributed by atoms with Gasteiger partial charge in [-0.3, -0.25) is 0 Å². The number of aliphatic hydroxyl groups is 4. The van der Waals surface area contributed by atoms with E-state index in [1.807, 2.05) is 0 Å². The molecule has 0 aromatic rings. The second-order valence-electron chi connectivity index (χ2n) is 11.2. The molecule has 3 aliphatic carbocycles. The average Bonchev–Trinajstić information content (AvgIpc) is 3.07. The summed E-state index contributed by atoms with van der Waals surface area (Å²) in [5.41, 5.74) is 2.65. The number of hydrogen-bond acceptors (Lipinski definition) is 4. The van der Waals surface area contributed by atoms with Crippen LogP contribution in [0, 0.1) is 23.2 Å². The molecule has 0 aromatic heterocycles. The highest BCUT2D eigenvalue weighted by Crippen LogP contribution is 2.60. The predicted octanol–water partition coefficient (Wildman–Crippen LogP) is 4.68. The zero-order valence-corrected chi connectivity index (χ0v) is 19.8. The van der Waals surface area contributed by atoms with Crippen LogP contribution in [0.4, 0.5) is 0 Å². The lowest BCUT2D eigenvalue weighted by Gasteiger charge is -2.44. The van der Waals surface area contributed by atoms with Crippen molar-refractivity contribution in [3.63, 3.8) is 0 Å². The van der Waals surface area contributed by atoms with Crippen LogP contribution in [-0.4, -0.2) is 44.8 Å². The first kappa shape index (κ1) is 24.7. The quantitative estimate of drug-likeness (QED) is 0.471. The fourth-order valence-corrected chi connectivity index (χ4v) is 6.76. The van der Waals surface area contributed by atoms with Crippen molar-refractivity contribution >= 4 is 0 Å². The Labute approximate surface area is 188 Å². The molecule has 4 heteroatoms. The van der Waals surface area contributed by atoms with E-state index in [1.165, 1.54) is 31.3 Å². The highest BCUT2D eigenvalue weighted by molar-refractivity contribution is 5.38. The summed E-state index contributed by atoms with van der Waals surface area (Å²) in [5.74, 6) is 1.92. The van der Waals surface area contributed by atoms with Crippen molar-refractivity contribution in [2.75, 3.05) is 6.61 Å². The molecule has 7 atom stereocenters. The Morgan fingerprint density at radius 3 is 2.71 bits per heavy atom. The fraction of sp³-hybridized carbons (Fsp3) is 0.778. The molecule has 176 valence electrons. The second-order valence-corrected chi connectivity index (χ2v) is 11.2. The minimum absolute atomic E-state index is 0.172. The molecule has 3 saturated carbocycles. The van der Waals surface area contributed by atoms with E-state index >= 15 is 0 Å². The third-order valence-corrected chi connectivity index (χ3v) is 8.70. The molecule has 0 unspecified atom stereocenters. The molecule has 0 aromatic carbocycles. The van der Waals surface area contributed by atoms with E-state index in [9.17, 15) is 20.4 Å². The Hall–Kier alpha value is -0.940. The third kappa shape index (κ3) is 5.52. The molecule has 0 aliphatic heterocycles. The number of hydrogen-bond donors (Lipinski definition) is 4. The van der Waals surface area contributed by atoms with Crippen molar-refractivity contribution < 1.29 is 20.4 Å².